The molecule has 2 N–H and O–H groups in total. The molecule has 0 heterocycles. The summed E-state index contributed by atoms with van der Waals surface area (Å²) in [5.74, 6) is 0.638. The van der Waals surface area contributed by atoms with E-state index in [2.05, 4.69) is 4.72 Å². The van der Waals surface area contributed by atoms with Gasteiger partial charge in [0.1, 0.15) is 4.90 Å². The molecule has 21 heavy (non-hydrogen) atoms. The molecule has 1 aliphatic rings. The molecule has 0 amide bonds. The molecule has 1 aromatic rings. The average molecular weight is 354 g/mol. The number of aliphatic hydroxyl groups excluding tert-OH is 1. The maximum atomic E-state index is 12.2. The maximum absolute atomic E-state index is 12.2. The highest BCUT2D eigenvalue weighted by molar-refractivity contribution is 7.89. The highest BCUT2D eigenvalue weighted by atomic mass is 35.5. The first kappa shape index (κ1) is 17.0. The third kappa shape index (κ3) is 4.55. The summed E-state index contributed by atoms with van der Waals surface area (Å²) in [6.45, 7) is 0.736. The van der Waals surface area contributed by atoms with Crippen LogP contribution in [0.1, 0.15) is 18.4 Å². The molecule has 1 fully saturated rings. The number of hydrogen-bond acceptors (Lipinski definition) is 4. The smallest absolute Gasteiger partial charge is 0.242 e. The molecule has 0 atom stereocenters. The molecule has 8 heteroatoms. The van der Waals surface area contributed by atoms with E-state index in [0.717, 1.165) is 0 Å². The van der Waals surface area contributed by atoms with Gasteiger partial charge in [-0.3, -0.25) is 0 Å². The average Bonchev–Trinajstić information content (AvgIpc) is 3.22. The minimum Gasteiger partial charge on any atom is -0.392 e. The lowest BCUT2D eigenvalue weighted by molar-refractivity contribution is 0.129. The lowest BCUT2D eigenvalue weighted by atomic mass is 10.2. The minimum absolute atomic E-state index is 0.0589. The first-order valence-electron chi connectivity index (χ1n) is 6.61. The minimum atomic E-state index is -3.76. The molecule has 118 valence electrons. The van der Waals surface area contributed by atoms with Gasteiger partial charge in [-0.15, -0.1) is 0 Å². The first-order valence-corrected chi connectivity index (χ1v) is 8.84. The van der Waals surface area contributed by atoms with E-state index in [9.17, 15) is 13.5 Å². The van der Waals surface area contributed by atoms with Crippen molar-refractivity contribution in [2.24, 2.45) is 5.92 Å². The van der Waals surface area contributed by atoms with E-state index in [4.69, 9.17) is 27.9 Å². The fraction of sp³-hybridized carbons (Fsp3) is 0.538. The van der Waals surface area contributed by atoms with Gasteiger partial charge in [0.15, 0.2) is 0 Å². The molecule has 0 unspecified atom stereocenters. The highest BCUT2D eigenvalue weighted by Gasteiger charge is 2.22. The Balaban J connectivity index is 1.97. The molecule has 1 saturated carbocycles. The zero-order valence-electron chi connectivity index (χ0n) is 11.3. The number of aliphatic hydroxyl groups is 1. The fourth-order valence-corrected chi connectivity index (χ4v) is 3.70. The third-order valence-electron chi connectivity index (χ3n) is 3.19. The topological polar surface area (TPSA) is 75.6 Å². The Labute approximate surface area is 134 Å². The lowest BCUT2D eigenvalue weighted by Gasteiger charge is -2.11. The summed E-state index contributed by atoms with van der Waals surface area (Å²) in [6.07, 6.45) is 2.38. The Hall–Kier alpha value is -0.370. The van der Waals surface area contributed by atoms with Crippen molar-refractivity contribution in [1.29, 1.82) is 0 Å². The van der Waals surface area contributed by atoms with Crippen LogP contribution in [0.15, 0.2) is 17.0 Å². The van der Waals surface area contributed by atoms with Crippen molar-refractivity contribution in [2.75, 3.05) is 19.8 Å². The van der Waals surface area contributed by atoms with Crippen molar-refractivity contribution in [3.05, 3.63) is 27.7 Å². The number of hydrogen-bond donors (Lipinski definition) is 2. The fourth-order valence-electron chi connectivity index (χ4n) is 1.79. The van der Waals surface area contributed by atoms with E-state index in [1.54, 1.807) is 0 Å². The maximum Gasteiger partial charge on any atom is 0.242 e. The van der Waals surface area contributed by atoms with Gasteiger partial charge in [-0.2, -0.15) is 0 Å². The molecule has 1 aromatic carbocycles. The molecule has 1 aliphatic carbocycles. The van der Waals surface area contributed by atoms with Gasteiger partial charge >= 0.3 is 0 Å². The van der Waals surface area contributed by atoms with Gasteiger partial charge in [-0.25, -0.2) is 13.1 Å². The number of ether oxygens (including phenoxy) is 1. The zero-order valence-corrected chi connectivity index (χ0v) is 13.6. The normalized spacial score (nSPS) is 15.4. The lowest BCUT2D eigenvalue weighted by Crippen LogP contribution is -2.28. The molecular formula is C13H17Cl2NO4S. The van der Waals surface area contributed by atoms with Gasteiger partial charge in [0, 0.05) is 23.7 Å². The van der Waals surface area contributed by atoms with E-state index < -0.39 is 16.6 Å². The van der Waals surface area contributed by atoms with Crippen molar-refractivity contribution in [3.63, 3.8) is 0 Å². The van der Waals surface area contributed by atoms with E-state index in [0.29, 0.717) is 19.1 Å². The molecule has 2 rings (SSSR count). The van der Waals surface area contributed by atoms with Crippen LogP contribution in [0.2, 0.25) is 10.0 Å². The van der Waals surface area contributed by atoms with Crippen molar-refractivity contribution >= 4 is 33.2 Å². The predicted molar refractivity (Wildman–Crippen MR) is 81.1 cm³/mol. The third-order valence-corrected chi connectivity index (χ3v) is 5.59. The monoisotopic (exact) mass is 353 g/mol. The highest BCUT2D eigenvalue weighted by Crippen LogP contribution is 2.31. The number of halogens is 2. The summed E-state index contributed by atoms with van der Waals surface area (Å²) in [5, 5.41) is 9.36. The molecule has 0 saturated heterocycles. The van der Waals surface area contributed by atoms with Gasteiger partial charge in [-0.1, -0.05) is 23.2 Å². The second-order valence-corrected chi connectivity index (χ2v) is 7.43. The quantitative estimate of drug-likeness (QED) is 0.702. The summed E-state index contributed by atoms with van der Waals surface area (Å²) in [6, 6.07) is 2.72. The van der Waals surface area contributed by atoms with Crippen LogP contribution in [0.4, 0.5) is 0 Å². The van der Waals surface area contributed by atoms with Crippen LogP contribution in [0.3, 0.4) is 0 Å². The molecule has 0 spiro atoms. The Bertz CT molecular complexity index is 602. The Morgan fingerprint density at radius 2 is 2.05 bits per heavy atom. The van der Waals surface area contributed by atoms with Gasteiger partial charge in [0.2, 0.25) is 10.0 Å². The van der Waals surface area contributed by atoms with Crippen LogP contribution in [0.25, 0.3) is 0 Å². The van der Waals surface area contributed by atoms with E-state index in [-0.39, 0.29) is 27.0 Å². The number of benzene rings is 1. The van der Waals surface area contributed by atoms with Crippen LogP contribution in [0.5, 0.6) is 0 Å². The largest absolute Gasteiger partial charge is 0.392 e. The van der Waals surface area contributed by atoms with Gasteiger partial charge in [-0.05, 0) is 30.9 Å². The molecular weight excluding hydrogens is 337 g/mol. The standard InChI is InChI=1S/C13H17Cl2NO4S/c14-11-3-4-12(13(15)10(11)7-17)21(18,19)16-5-6-20-8-9-1-2-9/h3-4,9,16-17H,1-2,5-8H2. The number of rotatable bonds is 8. The SMILES string of the molecule is O=S(=O)(NCCOCC1CC1)c1ccc(Cl)c(CO)c1Cl. The Morgan fingerprint density at radius 3 is 2.67 bits per heavy atom. The van der Waals surface area contributed by atoms with E-state index in [1.807, 2.05) is 0 Å². The molecule has 0 aromatic heterocycles. The number of sulfonamides is 1. The van der Waals surface area contributed by atoms with Crippen molar-refractivity contribution < 1.29 is 18.3 Å². The van der Waals surface area contributed by atoms with Crippen molar-refractivity contribution in [2.45, 2.75) is 24.3 Å². The van der Waals surface area contributed by atoms with Crippen molar-refractivity contribution in [1.82, 2.24) is 4.72 Å². The van der Waals surface area contributed by atoms with Crippen LogP contribution in [-0.4, -0.2) is 33.3 Å². The Kier molecular flexibility index (Phi) is 5.88. The summed E-state index contributed by atoms with van der Waals surface area (Å²) >= 11 is 11.8. The van der Waals surface area contributed by atoms with Gasteiger partial charge < -0.3 is 9.84 Å². The molecule has 5 nitrogen and oxygen atoms in total. The molecule has 0 radical (unpaired) electrons. The second-order valence-electron chi connectivity index (χ2n) is 4.91. The summed E-state index contributed by atoms with van der Waals surface area (Å²) < 4.78 is 32.1. The molecule has 0 aliphatic heterocycles. The van der Waals surface area contributed by atoms with Crippen molar-refractivity contribution in [3.8, 4) is 0 Å². The molecule has 0 bridgehead atoms. The van der Waals surface area contributed by atoms with E-state index >= 15 is 0 Å². The van der Waals surface area contributed by atoms with Crippen LogP contribution < -0.4 is 4.72 Å². The second kappa shape index (κ2) is 7.26. The van der Waals surface area contributed by atoms with Crippen LogP contribution in [-0.2, 0) is 21.4 Å². The van der Waals surface area contributed by atoms with Crippen LogP contribution in [0, 0.1) is 5.92 Å². The van der Waals surface area contributed by atoms with Gasteiger partial charge in [0.25, 0.3) is 0 Å². The summed E-state index contributed by atoms with van der Waals surface area (Å²) in [7, 11) is -3.76. The van der Waals surface area contributed by atoms with Gasteiger partial charge in [0.05, 0.1) is 18.2 Å². The number of nitrogens with one attached hydrogen (secondary N) is 1. The summed E-state index contributed by atoms with van der Waals surface area (Å²) in [5.41, 5.74) is 0.200. The van der Waals surface area contributed by atoms with E-state index in [1.165, 1.54) is 25.0 Å². The zero-order chi connectivity index (χ0) is 15.5. The first-order chi connectivity index (χ1) is 9.95. The summed E-state index contributed by atoms with van der Waals surface area (Å²) in [4.78, 5) is -0.0974. The van der Waals surface area contributed by atoms with Crippen LogP contribution >= 0.6 is 23.2 Å². The predicted octanol–water partition coefficient (Wildman–Crippen LogP) is 2.19. The Morgan fingerprint density at radius 1 is 1.33 bits per heavy atom.